The highest BCUT2D eigenvalue weighted by Gasteiger charge is 2.44. The van der Waals surface area contributed by atoms with E-state index in [-0.39, 0.29) is 17.7 Å². The van der Waals surface area contributed by atoms with Crippen LogP contribution in [0, 0.1) is 0 Å². The fourth-order valence-electron chi connectivity index (χ4n) is 13.7. The average Bonchev–Trinajstić information content (AvgIpc) is 1.83. The lowest BCUT2D eigenvalue weighted by molar-refractivity contribution is 0.0816. The van der Waals surface area contributed by atoms with Crippen LogP contribution in [0.3, 0.4) is 0 Å². The van der Waals surface area contributed by atoms with Crippen molar-refractivity contribution >= 4 is 50.8 Å². The van der Waals surface area contributed by atoms with Crippen LogP contribution in [0.25, 0.3) is 134 Å². The minimum absolute atomic E-state index is 0.0124. The molecule has 6 heterocycles. The minimum Gasteiger partial charge on any atom is -0.273 e. The Balaban J connectivity index is 0.885. The molecule has 84 heavy (non-hydrogen) atoms. The molecule has 3 aliphatic rings. The van der Waals surface area contributed by atoms with Crippen molar-refractivity contribution in [1.29, 1.82) is 0 Å². The molecule has 3 aromatic heterocycles. The van der Waals surface area contributed by atoms with Crippen molar-refractivity contribution in [2.75, 3.05) is 0 Å². The van der Waals surface area contributed by atoms with Crippen LogP contribution >= 0.6 is 0 Å². The van der Waals surface area contributed by atoms with Gasteiger partial charge in [-0.1, -0.05) is 146 Å². The van der Waals surface area contributed by atoms with Gasteiger partial charge < -0.3 is 0 Å². The maximum absolute atomic E-state index is 14.6. The molecule has 0 amide bonds. The third-order valence-electron chi connectivity index (χ3n) is 18.3. The SMILES string of the molecule is CC1(C)C(=O)n2c(nc3ccccc32)-c2ccc(-c3ccccc3-c3cc(-c4ccccc4-c4ccc5c(c4)C(C)(C)C(=O)n4c-5nc5ccccc54)cc(-c4ccccc4-c4ccc5c(c4)C(C)(C)C(=O)n4c-5nc5ccccc54)c3)cc21. The van der Waals surface area contributed by atoms with E-state index in [0.717, 1.165) is 133 Å². The summed E-state index contributed by atoms with van der Waals surface area (Å²) in [5, 5.41) is 0. The maximum atomic E-state index is 14.6. The predicted octanol–water partition coefficient (Wildman–Crippen LogP) is 17.5. The van der Waals surface area contributed by atoms with E-state index in [9.17, 15) is 14.4 Å². The van der Waals surface area contributed by atoms with Gasteiger partial charge in [0.25, 0.3) is 0 Å². The van der Waals surface area contributed by atoms with Gasteiger partial charge in [-0.15, -0.1) is 0 Å². The summed E-state index contributed by atoms with van der Waals surface area (Å²) < 4.78 is 5.37. The van der Waals surface area contributed by atoms with Crippen LogP contribution in [0.1, 0.15) is 72.6 Å². The summed E-state index contributed by atoms with van der Waals surface area (Å²) in [6.07, 6.45) is 0. The van der Waals surface area contributed by atoms with Gasteiger partial charge in [0.1, 0.15) is 17.5 Å². The van der Waals surface area contributed by atoms with Gasteiger partial charge in [0.2, 0.25) is 17.7 Å². The van der Waals surface area contributed by atoms with Gasteiger partial charge in [0.15, 0.2) is 0 Å². The Labute approximate surface area is 485 Å². The first-order valence-corrected chi connectivity index (χ1v) is 28.6. The van der Waals surface area contributed by atoms with E-state index in [1.807, 2.05) is 114 Å². The third kappa shape index (κ3) is 6.95. The van der Waals surface area contributed by atoms with Gasteiger partial charge in [-0.2, -0.15) is 0 Å². The van der Waals surface area contributed by atoms with E-state index in [2.05, 4.69) is 146 Å². The van der Waals surface area contributed by atoms with Gasteiger partial charge >= 0.3 is 0 Å². The Kier molecular flexibility index (Phi) is 10.3. The Bertz CT molecular complexity index is 4570. The number of benzene rings is 10. The quantitative estimate of drug-likeness (QED) is 0.164. The van der Waals surface area contributed by atoms with Gasteiger partial charge in [-0.3, -0.25) is 28.1 Å². The molecule has 0 saturated heterocycles. The van der Waals surface area contributed by atoms with Crippen molar-refractivity contribution in [2.45, 2.75) is 57.8 Å². The molecule has 3 aliphatic heterocycles. The zero-order chi connectivity index (χ0) is 57.1. The predicted molar refractivity (Wildman–Crippen MR) is 336 cm³/mol. The van der Waals surface area contributed by atoms with Crippen LogP contribution in [-0.4, -0.2) is 46.4 Å². The lowest BCUT2D eigenvalue weighted by atomic mass is 9.76. The molecule has 0 saturated carbocycles. The number of aromatic nitrogens is 6. The number of para-hydroxylation sites is 6. The highest BCUT2D eigenvalue weighted by Crippen LogP contribution is 2.50. The van der Waals surface area contributed by atoms with E-state index >= 15 is 0 Å². The van der Waals surface area contributed by atoms with Crippen LogP contribution in [-0.2, 0) is 16.2 Å². The Morgan fingerprint density at radius 1 is 0.262 bits per heavy atom. The zero-order valence-corrected chi connectivity index (χ0v) is 47.2. The summed E-state index contributed by atoms with van der Waals surface area (Å²) in [5.74, 6) is 1.94. The first kappa shape index (κ1) is 49.4. The maximum Gasteiger partial charge on any atom is 0.242 e. The van der Waals surface area contributed by atoms with Crippen LogP contribution in [0.5, 0.6) is 0 Å². The highest BCUT2D eigenvalue weighted by atomic mass is 16.2. The second-order valence-electron chi connectivity index (χ2n) is 24.3. The smallest absolute Gasteiger partial charge is 0.242 e. The fraction of sp³-hybridized carbons (Fsp3) is 0.120. The van der Waals surface area contributed by atoms with Crippen LogP contribution in [0.15, 0.2) is 218 Å². The molecule has 13 aromatic rings. The highest BCUT2D eigenvalue weighted by molar-refractivity contribution is 6.08. The van der Waals surface area contributed by atoms with Crippen LogP contribution in [0.4, 0.5) is 0 Å². The summed E-state index contributed by atoms with van der Waals surface area (Å²) in [6, 6.07) is 75.5. The van der Waals surface area contributed by atoms with Crippen molar-refractivity contribution < 1.29 is 14.4 Å². The molecular formula is C75H54N6O3. The van der Waals surface area contributed by atoms with Gasteiger partial charge in [-0.05, 0) is 198 Å². The van der Waals surface area contributed by atoms with E-state index in [4.69, 9.17) is 15.0 Å². The lowest BCUT2D eigenvalue weighted by Crippen LogP contribution is -2.38. The van der Waals surface area contributed by atoms with E-state index in [0.29, 0.717) is 17.5 Å². The lowest BCUT2D eigenvalue weighted by Gasteiger charge is -2.32. The Hall–Kier alpha value is -10.4. The molecule has 0 N–H and O–H groups in total. The number of nitrogens with zero attached hydrogens (tertiary/aromatic N) is 6. The monoisotopic (exact) mass is 1090 g/mol. The van der Waals surface area contributed by atoms with E-state index < -0.39 is 16.2 Å². The van der Waals surface area contributed by atoms with Crippen molar-refractivity contribution in [3.8, 4) is 101 Å². The molecule has 9 nitrogen and oxygen atoms in total. The molecule has 0 aliphatic carbocycles. The molecule has 0 radical (unpaired) electrons. The second kappa shape index (κ2) is 17.6. The first-order valence-electron chi connectivity index (χ1n) is 28.6. The molecule has 0 atom stereocenters. The summed E-state index contributed by atoms with van der Waals surface area (Å²) >= 11 is 0. The van der Waals surface area contributed by atoms with Crippen LogP contribution in [0.2, 0.25) is 0 Å². The number of carbonyl (C=O) groups is 3. The van der Waals surface area contributed by atoms with Crippen molar-refractivity contribution in [1.82, 2.24) is 28.7 Å². The molecule has 9 heteroatoms. The molecule has 0 fully saturated rings. The van der Waals surface area contributed by atoms with E-state index in [1.165, 1.54) is 0 Å². The summed E-state index contributed by atoms with van der Waals surface area (Å²) in [5.41, 5.74) is 20.0. The summed E-state index contributed by atoms with van der Waals surface area (Å²) in [4.78, 5) is 58.9. The number of rotatable bonds is 6. The number of imidazole rings is 3. The first-order chi connectivity index (χ1) is 40.7. The normalized spacial score (nSPS) is 15.1. The van der Waals surface area contributed by atoms with Gasteiger partial charge in [0.05, 0.1) is 49.3 Å². The molecular weight excluding hydrogens is 1030 g/mol. The summed E-state index contributed by atoms with van der Waals surface area (Å²) in [6.45, 7) is 12.1. The minimum atomic E-state index is -0.848. The number of hydrogen-bond donors (Lipinski definition) is 0. The molecule has 0 spiro atoms. The molecule has 0 unspecified atom stereocenters. The van der Waals surface area contributed by atoms with Crippen LogP contribution < -0.4 is 0 Å². The summed E-state index contributed by atoms with van der Waals surface area (Å²) in [7, 11) is 0. The number of fused-ring (bicyclic) bond motifs is 15. The molecule has 0 bridgehead atoms. The Morgan fingerprint density at radius 2 is 0.500 bits per heavy atom. The largest absolute Gasteiger partial charge is 0.273 e. The topological polar surface area (TPSA) is 105 Å². The van der Waals surface area contributed by atoms with Crippen molar-refractivity contribution in [3.05, 3.63) is 235 Å². The standard InChI is InChI=1S/C75H54N6O3/c1-73(2)58-40-43(31-34-55(58)67-76-61-25-13-16-28-64(61)79(67)70(73)82)49-19-7-10-22-52(49)46-37-47(53-23-11-8-20-50(53)44-32-35-56-59(41-44)74(3,4)71(83)80-65-29-17-14-26-62(65)77-68(56)80)39-48(38-46)54-24-12-9-21-51(54)45-33-36-57-60(42-45)75(5,6)72(84)81-66-30-18-15-27-63(66)78-69(57)81/h7-42H,1-6H3. The fourth-order valence-corrected chi connectivity index (χ4v) is 13.7. The molecule has 16 rings (SSSR count). The number of hydrogen-bond acceptors (Lipinski definition) is 6. The molecule has 402 valence electrons. The number of carbonyl (C=O) groups excluding carboxylic acids is 3. The Morgan fingerprint density at radius 3 is 0.774 bits per heavy atom. The average molecular weight is 1090 g/mol. The molecule has 10 aromatic carbocycles. The van der Waals surface area contributed by atoms with Gasteiger partial charge in [-0.25, -0.2) is 15.0 Å². The van der Waals surface area contributed by atoms with E-state index in [1.54, 1.807) is 13.7 Å². The van der Waals surface area contributed by atoms with Crippen molar-refractivity contribution in [3.63, 3.8) is 0 Å². The van der Waals surface area contributed by atoms with Crippen molar-refractivity contribution in [2.24, 2.45) is 0 Å². The third-order valence-corrected chi connectivity index (χ3v) is 18.3. The second-order valence-corrected chi connectivity index (χ2v) is 24.3. The van der Waals surface area contributed by atoms with Gasteiger partial charge in [0, 0.05) is 16.7 Å². The zero-order valence-electron chi connectivity index (χ0n) is 47.2.